The Morgan fingerprint density at radius 3 is 1.33 bits per heavy atom. The predicted octanol–water partition coefficient (Wildman–Crippen LogP) is 9.00. The Morgan fingerprint density at radius 2 is 1.03 bits per heavy atom. The summed E-state index contributed by atoms with van der Waals surface area (Å²) in [5.41, 5.74) is 2.80. The summed E-state index contributed by atoms with van der Waals surface area (Å²) in [6.45, 7) is 16.1. The molecule has 0 saturated heterocycles. The van der Waals surface area contributed by atoms with Gasteiger partial charge in [0.1, 0.15) is 0 Å². The molecule has 0 atom stereocenters. The van der Waals surface area contributed by atoms with E-state index >= 15 is 0 Å². The molecule has 0 aliphatic heterocycles. The number of hydrogen-bond acceptors (Lipinski definition) is 0. The number of fused-ring (bicyclic) bond motifs is 2. The predicted molar refractivity (Wildman–Crippen MR) is 132 cm³/mol. The topological polar surface area (TPSA) is 0 Å². The van der Waals surface area contributed by atoms with Crippen molar-refractivity contribution in [3.05, 3.63) is 97.8 Å². The fourth-order valence-electron chi connectivity index (χ4n) is 3.19. The van der Waals surface area contributed by atoms with Crippen molar-refractivity contribution < 1.29 is 25.8 Å². The third kappa shape index (κ3) is 6.77. The zero-order chi connectivity index (χ0) is 21.3. The molecule has 4 aromatic rings. The second-order valence-corrected chi connectivity index (χ2v) is 8.08. The van der Waals surface area contributed by atoms with Crippen molar-refractivity contribution in [3.8, 4) is 0 Å². The molecule has 0 aliphatic carbocycles. The number of benzene rings is 2. The summed E-state index contributed by atoms with van der Waals surface area (Å²) in [5.74, 6) is 0. The van der Waals surface area contributed by atoms with E-state index in [9.17, 15) is 0 Å². The van der Waals surface area contributed by atoms with Gasteiger partial charge in [0.05, 0.1) is 0 Å². The van der Waals surface area contributed by atoms with Crippen LogP contribution in [0.4, 0.5) is 0 Å². The molecule has 0 radical (unpaired) electrons. The van der Waals surface area contributed by atoms with E-state index in [-0.39, 0.29) is 31.3 Å². The monoisotopic (exact) mass is 564 g/mol. The molecule has 0 spiro atoms. The first kappa shape index (κ1) is 26.6. The van der Waals surface area contributed by atoms with Crippen LogP contribution in [-0.4, -0.2) is 0 Å². The Morgan fingerprint density at radius 1 is 0.700 bits per heavy atom. The third-order valence-corrected chi connectivity index (χ3v) is 5.39. The molecular weight excluding hydrogens is 527 g/mol. The van der Waals surface area contributed by atoms with Gasteiger partial charge in [-0.25, -0.2) is 0 Å². The molecule has 0 amide bonds. The van der Waals surface area contributed by atoms with Gasteiger partial charge < -0.3 is 13.8 Å². The van der Waals surface area contributed by atoms with Crippen molar-refractivity contribution in [2.45, 2.75) is 58.8 Å². The maximum Gasteiger partial charge on any atom is 4.00 e. The summed E-state index contributed by atoms with van der Waals surface area (Å²) in [6, 6.07) is 26.5. The van der Waals surface area contributed by atoms with Gasteiger partial charge in [-0.2, -0.15) is 25.0 Å². The van der Waals surface area contributed by atoms with Crippen LogP contribution in [-0.2, 0) is 31.3 Å². The van der Waals surface area contributed by atoms with Crippen molar-refractivity contribution in [1.82, 2.24) is 0 Å². The second kappa shape index (κ2) is 13.1. The van der Waals surface area contributed by atoms with Crippen LogP contribution >= 0.6 is 0 Å². The average Bonchev–Trinajstić information content (AvgIpc) is 3.39. The van der Waals surface area contributed by atoms with Gasteiger partial charge in [0.25, 0.3) is 0 Å². The molecule has 0 aromatic heterocycles. The zero-order valence-corrected chi connectivity index (χ0v) is 22.8. The van der Waals surface area contributed by atoms with Crippen LogP contribution in [0, 0.1) is 13.8 Å². The third-order valence-electron chi connectivity index (χ3n) is 5.39. The van der Waals surface area contributed by atoms with Gasteiger partial charge in [-0.05, 0) is 5.41 Å². The molecule has 0 heterocycles. The van der Waals surface area contributed by atoms with Gasteiger partial charge in [0, 0.05) is 0 Å². The molecule has 0 saturated carbocycles. The standard InChI is InChI=1S/C21H18.2C4H9.Hf/c1-21(2,19-11-15-7-3-4-8-16(15)12-19)20-13-17-9-5-6-10-18(17)14-20;2*1-3-4-2;/h3-14H,1-2H3;2*1,3-4H2,2H3;/q-2;2*-1;+4. The molecule has 4 aromatic carbocycles. The van der Waals surface area contributed by atoms with Gasteiger partial charge in [0.2, 0.25) is 0 Å². The molecule has 0 unspecified atom stereocenters. The van der Waals surface area contributed by atoms with E-state index in [2.05, 4.69) is 114 Å². The van der Waals surface area contributed by atoms with E-state index in [4.69, 9.17) is 0 Å². The van der Waals surface area contributed by atoms with E-state index in [1.165, 1.54) is 45.5 Å². The number of unbranched alkanes of at least 4 members (excludes halogenated alkanes) is 2. The fraction of sp³-hybridized carbons (Fsp3) is 0.310. The number of hydrogen-bond donors (Lipinski definition) is 0. The molecule has 0 nitrogen and oxygen atoms in total. The first-order valence-corrected chi connectivity index (χ1v) is 10.9. The zero-order valence-electron chi connectivity index (χ0n) is 19.2. The first-order valence-electron chi connectivity index (χ1n) is 10.9. The Balaban J connectivity index is 0.000000435. The Kier molecular flexibility index (Phi) is 11.6. The summed E-state index contributed by atoms with van der Waals surface area (Å²) in [4.78, 5) is 0. The summed E-state index contributed by atoms with van der Waals surface area (Å²) in [5, 5.41) is 5.32. The van der Waals surface area contributed by atoms with Crippen molar-refractivity contribution in [3.63, 3.8) is 0 Å². The van der Waals surface area contributed by atoms with Crippen molar-refractivity contribution in [2.24, 2.45) is 0 Å². The van der Waals surface area contributed by atoms with Crippen LogP contribution in [0.3, 0.4) is 0 Å². The van der Waals surface area contributed by atoms with Crippen LogP contribution in [0.1, 0.15) is 64.5 Å². The van der Waals surface area contributed by atoms with E-state index in [1.54, 1.807) is 0 Å². The van der Waals surface area contributed by atoms with Crippen LogP contribution in [0.15, 0.2) is 72.8 Å². The Hall–Kier alpha value is -1.47. The van der Waals surface area contributed by atoms with Crippen LogP contribution in [0.25, 0.3) is 21.5 Å². The molecule has 0 fully saturated rings. The molecule has 0 bridgehead atoms. The van der Waals surface area contributed by atoms with Crippen LogP contribution in [0.5, 0.6) is 0 Å². The minimum Gasteiger partial charge on any atom is -0.343 e. The summed E-state index contributed by atoms with van der Waals surface area (Å²) >= 11 is 0. The smallest absolute Gasteiger partial charge is 0.343 e. The molecule has 0 N–H and O–H groups in total. The molecule has 30 heavy (non-hydrogen) atoms. The van der Waals surface area contributed by atoms with Crippen molar-refractivity contribution in [2.75, 3.05) is 0 Å². The van der Waals surface area contributed by atoms with Gasteiger partial charge in [-0.1, -0.05) is 52.7 Å². The van der Waals surface area contributed by atoms with Crippen LogP contribution < -0.4 is 0 Å². The Labute approximate surface area is 203 Å². The largest absolute Gasteiger partial charge is 4.00 e. The van der Waals surface area contributed by atoms with E-state index in [0.29, 0.717) is 0 Å². The second-order valence-electron chi connectivity index (χ2n) is 8.08. The Bertz CT molecular complexity index is 834. The molecule has 4 rings (SSSR count). The summed E-state index contributed by atoms with van der Waals surface area (Å²) < 4.78 is 0. The normalized spacial score (nSPS) is 10.6. The first-order chi connectivity index (χ1) is 14.0. The molecule has 156 valence electrons. The minimum absolute atomic E-state index is 0. The molecule has 0 aliphatic rings. The fourth-order valence-corrected chi connectivity index (χ4v) is 3.19. The van der Waals surface area contributed by atoms with Crippen LogP contribution in [0.2, 0.25) is 0 Å². The van der Waals surface area contributed by atoms with E-state index in [0.717, 1.165) is 12.8 Å². The minimum atomic E-state index is 0. The molecule has 1 heteroatoms. The SMILES string of the molecule is CC(C)(c1cc2ccccc2[cH-]1)c1cc2ccccc2[cH-]1.[CH2-]CCC.[CH2-]CCC.[Hf+4]. The summed E-state index contributed by atoms with van der Waals surface area (Å²) in [7, 11) is 0. The van der Waals surface area contributed by atoms with Gasteiger partial charge in [0.15, 0.2) is 0 Å². The van der Waals surface area contributed by atoms with E-state index < -0.39 is 0 Å². The molecular formula is C29H36Hf. The summed E-state index contributed by atoms with van der Waals surface area (Å²) in [6.07, 6.45) is 4.56. The maximum atomic E-state index is 3.60. The van der Waals surface area contributed by atoms with Gasteiger partial charge in [-0.3, -0.25) is 0 Å². The van der Waals surface area contributed by atoms with E-state index in [1.807, 2.05) is 0 Å². The van der Waals surface area contributed by atoms with Crippen molar-refractivity contribution >= 4 is 21.5 Å². The number of rotatable bonds is 4. The van der Waals surface area contributed by atoms with Gasteiger partial charge in [-0.15, -0.1) is 81.2 Å². The average molecular weight is 563 g/mol. The van der Waals surface area contributed by atoms with Crippen molar-refractivity contribution in [1.29, 1.82) is 0 Å². The quantitative estimate of drug-likeness (QED) is 0.172. The van der Waals surface area contributed by atoms with Gasteiger partial charge >= 0.3 is 25.8 Å². The maximum absolute atomic E-state index is 3.60.